The highest BCUT2D eigenvalue weighted by atomic mass is 16.6. The molecule has 0 aromatic heterocycles. The molecule has 0 spiro atoms. The first kappa shape index (κ1) is 13.0. The van der Waals surface area contributed by atoms with Crippen LogP contribution in [0.2, 0.25) is 0 Å². The molecule has 0 fully saturated rings. The molecule has 1 atom stereocenters. The van der Waals surface area contributed by atoms with Crippen LogP contribution in [0.3, 0.4) is 0 Å². The van der Waals surface area contributed by atoms with Gasteiger partial charge in [0.25, 0.3) is 5.69 Å². The van der Waals surface area contributed by atoms with Gasteiger partial charge in [-0.15, -0.1) is 12.3 Å². The third kappa shape index (κ3) is 3.49. The lowest BCUT2D eigenvalue weighted by molar-refractivity contribution is -0.384. The number of non-ortho nitro benzene ring substituents is 1. The molecule has 0 saturated carbocycles. The molecule has 1 aromatic rings. The van der Waals surface area contributed by atoms with Crippen LogP contribution in [0.15, 0.2) is 18.2 Å². The Balaban J connectivity index is 2.85. The summed E-state index contributed by atoms with van der Waals surface area (Å²) in [5, 5.41) is 13.9. The molecule has 17 heavy (non-hydrogen) atoms. The number of nitrogens with zero attached hydrogens (tertiary/aromatic N) is 1. The molecule has 0 heterocycles. The Morgan fingerprint density at radius 2 is 2.29 bits per heavy atom. The van der Waals surface area contributed by atoms with E-state index < -0.39 is 4.92 Å². The minimum atomic E-state index is -0.393. The first-order valence-corrected chi connectivity index (χ1v) is 5.53. The van der Waals surface area contributed by atoms with Gasteiger partial charge in [-0.1, -0.05) is 6.92 Å². The third-order valence-corrected chi connectivity index (χ3v) is 2.64. The van der Waals surface area contributed by atoms with E-state index in [0.29, 0.717) is 6.42 Å². The van der Waals surface area contributed by atoms with Crippen LogP contribution in [-0.2, 0) is 0 Å². The second-order valence-electron chi connectivity index (χ2n) is 3.91. The van der Waals surface area contributed by atoms with Crippen molar-refractivity contribution in [1.29, 1.82) is 0 Å². The summed E-state index contributed by atoms with van der Waals surface area (Å²) in [6, 6.07) is 5.00. The van der Waals surface area contributed by atoms with Crippen molar-refractivity contribution in [3.8, 4) is 12.3 Å². The summed E-state index contributed by atoms with van der Waals surface area (Å²) >= 11 is 0. The largest absolute Gasteiger partial charge is 0.381 e. The lowest BCUT2D eigenvalue weighted by Gasteiger charge is -2.17. The molecule has 0 bridgehead atoms. The second-order valence-corrected chi connectivity index (χ2v) is 3.91. The Bertz CT molecular complexity index is 449. The van der Waals surface area contributed by atoms with Crippen LogP contribution in [0, 0.1) is 29.4 Å². The van der Waals surface area contributed by atoms with Crippen LogP contribution in [0.25, 0.3) is 0 Å². The quantitative estimate of drug-likeness (QED) is 0.482. The molecule has 0 radical (unpaired) electrons. The van der Waals surface area contributed by atoms with Gasteiger partial charge in [-0.3, -0.25) is 10.1 Å². The smallest absolute Gasteiger partial charge is 0.269 e. The van der Waals surface area contributed by atoms with Gasteiger partial charge in [0.2, 0.25) is 0 Å². The second kappa shape index (κ2) is 5.90. The summed E-state index contributed by atoms with van der Waals surface area (Å²) < 4.78 is 0. The maximum absolute atomic E-state index is 10.6. The van der Waals surface area contributed by atoms with Crippen molar-refractivity contribution in [2.45, 2.75) is 32.7 Å². The number of nitrogens with one attached hydrogen (secondary N) is 1. The number of rotatable bonds is 5. The normalized spacial score (nSPS) is 11.6. The van der Waals surface area contributed by atoms with E-state index in [4.69, 9.17) is 6.42 Å². The maximum atomic E-state index is 10.6. The molecule has 1 rings (SSSR count). The Morgan fingerprint density at radius 1 is 1.59 bits per heavy atom. The first-order valence-electron chi connectivity index (χ1n) is 5.53. The zero-order chi connectivity index (χ0) is 12.8. The predicted octanol–water partition coefficient (Wildman–Crippen LogP) is 3.12. The molecule has 0 amide bonds. The average Bonchev–Trinajstić information content (AvgIpc) is 2.30. The van der Waals surface area contributed by atoms with Crippen LogP contribution in [0.5, 0.6) is 0 Å². The van der Waals surface area contributed by atoms with Gasteiger partial charge in [-0.2, -0.15) is 0 Å². The molecule has 90 valence electrons. The third-order valence-electron chi connectivity index (χ3n) is 2.64. The van der Waals surface area contributed by atoms with Gasteiger partial charge in [0.05, 0.1) is 4.92 Å². The summed E-state index contributed by atoms with van der Waals surface area (Å²) in [7, 11) is 0. The SMILES string of the molecule is C#CCC(CC)Nc1ccc([N+](=O)[O-])cc1C. The molecule has 0 saturated heterocycles. The minimum absolute atomic E-state index is 0.109. The van der Waals surface area contributed by atoms with E-state index in [1.54, 1.807) is 12.1 Å². The van der Waals surface area contributed by atoms with E-state index in [9.17, 15) is 10.1 Å². The van der Waals surface area contributed by atoms with Crippen molar-refractivity contribution in [2.75, 3.05) is 5.32 Å². The van der Waals surface area contributed by atoms with Crippen molar-refractivity contribution in [1.82, 2.24) is 0 Å². The number of hydrogen-bond donors (Lipinski definition) is 1. The van der Waals surface area contributed by atoms with Crippen molar-refractivity contribution < 1.29 is 4.92 Å². The predicted molar refractivity (Wildman–Crippen MR) is 69.0 cm³/mol. The summed E-state index contributed by atoms with van der Waals surface area (Å²) in [5.74, 6) is 2.62. The maximum Gasteiger partial charge on any atom is 0.269 e. The number of terminal acetylenes is 1. The molecule has 0 aliphatic heterocycles. The molecular formula is C13H16N2O2. The van der Waals surface area contributed by atoms with Gasteiger partial charge >= 0.3 is 0 Å². The summed E-state index contributed by atoms with van der Waals surface area (Å²) in [4.78, 5) is 10.2. The van der Waals surface area contributed by atoms with Gasteiger partial charge < -0.3 is 5.32 Å². The summed E-state index contributed by atoms with van der Waals surface area (Å²) in [6.45, 7) is 3.90. The van der Waals surface area contributed by atoms with Gasteiger partial charge in [-0.05, 0) is 25.0 Å². The van der Waals surface area contributed by atoms with Crippen molar-refractivity contribution >= 4 is 11.4 Å². The van der Waals surface area contributed by atoms with Gasteiger partial charge in [-0.25, -0.2) is 0 Å². The Hall–Kier alpha value is -2.02. The molecule has 1 aromatic carbocycles. The number of benzene rings is 1. The highest BCUT2D eigenvalue weighted by Gasteiger charge is 2.10. The van der Waals surface area contributed by atoms with Crippen molar-refractivity contribution in [3.05, 3.63) is 33.9 Å². The molecule has 0 aliphatic rings. The number of aryl methyl sites for hydroxylation is 1. The summed E-state index contributed by atoms with van der Waals surface area (Å²) in [6.07, 6.45) is 6.84. The number of anilines is 1. The fourth-order valence-electron chi connectivity index (χ4n) is 1.58. The van der Waals surface area contributed by atoms with Crippen LogP contribution < -0.4 is 5.32 Å². The fourth-order valence-corrected chi connectivity index (χ4v) is 1.58. The highest BCUT2D eigenvalue weighted by molar-refractivity contribution is 5.56. The first-order chi connectivity index (χ1) is 8.08. The van der Waals surface area contributed by atoms with E-state index in [2.05, 4.69) is 18.2 Å². The molecule has 4 nitrogen and oxygen atoms in total. The monoisotopic (exact) mass is 232 g/mol. The number of nitro groups is 1. The van der Waals surface area contributed by atoms with E-state index in [-0.39, 0.29) is 11.7 Å². The van der Waals surface area contributed by atoms with Crippen LogP contribution in [0.1, 0.15) is 25.3 Å². The fraction of sp³-hybridized carbons (Fsp3) is 0.385. The van der Waals surface area contributed by atoms with Gasteiger partial charge in [0, 0.05) is 30.3 Å². The molecule has 1 unspecified atom stereocenters. The van der Waals surface area contributed by atoms with Crippen LogP contribution in [-0.4, -0.2) is 11.0 Å². The van der Waals surface area contributed by atoms with Gasteiger partial charge in [0.1, 0.15) is 0 Å². The van der Waals surface area contributed by atoms with Crippen molar-refractivity contribution in [3.63, 3.8) is 0 Å². The molecule has 4 heteroatoms. The summed E-state index contributed by atoms with van der Waals surface area (Å²) in [5.41, 5.74) is 1.87. The Labute approximate surface area is 101 Å². The number of hydrogen-bond acceptors (Lipinski definition) is 3. The van der Waals surface area contributed by atoms with Crippen molar-refractivity contribution in [2.24, 2.45) is 0 Å². The highest BCUT2D eigenvalue weighted by Crippen LogP contribution is 2.22. The van der Waals surface area contributed by atoms with E-state index in [0.717, 1.165) is 17.7 Å². The van der Waals surface area contributed by atoms with Crippen LogP contribution in [0.4, 0.5) is 11.4 Å². The Morgan fingerprint density at radius 3 is 2.76 bits per heavy atom. The van der Waals surface area contributed by atoms with Crippen LogP contribution >= 0.6 is 0 Å². The molecule has 1 N–H and O–H groups in total. The van der Waals surface area contributed by atoms with E-state index in [1.807, 2.05) is 6.92 Å². The van der Waals surface area contributed by atoms with E-state index in [1.165, 1.54) is 6.07 Å². The molecular weight excluding hydrogens is 216 g/mol. The topological polar surface area (TPSA) is 55.2 Å². The minimum Gasteiger partial charge on any atom is -0.381 e. The molecule has 0 aliphatic carbocycles. The Kier molecular flexibility index (Phi) is 4.53. The van der Waals surface area contributed by atoms with E-state index >= 15 is 0 Å². The zero-order valence-electron chi connectivity index (χ0n) is 10.1. The lowest BCUT2D eigenvalue weighted by atomic mass is 10.1. The standard InChI is InChI=1S/C13H16N2O2/c1-4-6-11(5-2)14-13-8-7-12(15(16)17)9-10(13)3/h1,7-9,11,14H,5-6H2,2-3H3. The zero-order valence-corrected chi connectivity index (χ0v) is 10.1. The lowest BCUT2D eigenvalue weighted by Crippen LogP contribution is -2.18. The average molecular weight is 232 g/mol. The number of nitro benzene ring substituents is 1. The van der Waals surface area contributed by atoms with Gasteiger partial charge in [0.15, 0.2) is 0 Å².